The van der Waals surface area contributed by atoms with Crippen molar-refractivity contribution in [2.24, 2.45) is 0 Å². The predicted molar refractivity (Wildman–Crippen MR) is 73.5 cm³/mol. The maximum Gasteiger partial charge on any atom is 0.321 e. The van der Waals surface area contributed by atoms with Gasteiger partial charge in [0.1, 0.15) is 11.8 Å². The normalized spacial score (nSPS) is 17.3. The van der Waals surface area contributed by atoms with Crippen LogP contribution in [-0.2, 0) is 11.2 Å². The number of hydrogen-bond donors (Lipinski definition) is 1. The van der Waals surface area contributed by atoms with E-state index >= 15 is 0 Å². The summed E-state index contributed by atoms with van der Waals surface area (Å²) in [6, 6.07) is 7.27. The zero-order chi connectivity index (χ0) is 13.7. The van der Waals surface area contributed by atoms with Crippen LogP contribution in [0.4, 0.5) is 0 Å². The Bertz CT molecular complexity index is 427. The van der Waals surface area contributed by atoms with E-state index in [-0.39, 0.29) is 0 Å². The first kappa shape index (κ1) is 13.9. The lowest BCUT2D eigenvalue weighted by molar-refractivity contribution is -0.142. The van der Waals surface area contributed by atoms with Gasteiger partial charge < -0.3 is 9.84 Å². The Balaban J connectivity index is 2.14. The minimum absolute atomic E-state index is 0.441. The Morgan fingerprint density at radius 1 is 1.37 bits per heavy atom. The third-order valence-electron chi connectivity index (χ3n) is 3.55. The van der Waals surface area contributed by atoms with Crippen LogP contribution in [0, 0.1) is 0 Å². The molecule has 0 spiro atoms. The Morgan fingerprint density at radius 3 is 2.68 bits per heavy atom. The molecule has 1 aromatic rings. The predicted octanol–water partition coefficient (Wildman–Crippen LogP) is 2.18. The third-order valence-corrected chi connectivity index (χ3v) is 3.55. The first-order valence-electron chi connectivity index (χ1n) is 6.90. The van der Waals surface area contributed by atoms with Crippen molar-refractivity contribution in [2.45, 2.75) is 32.2 Å². The molecule has 0 unspecified atom stereocenters. The van der Waals surface area contributed by atoms with Gasteiger partial charge in [-0.3, -0.25) is 9.69 Å². The van der Waals surface area contributed by atoms with Crippen LogP contribution in [0.25, 0.3) is 0 Å². The summed E-state index contributed by atoms with van der Waals surface area (Å²) < 4.78 is 5.57. The van der Waals surface area contributed by atoms with Crippen molar-refractivity contribution >= 4 is 5.97 Å². The van der Waals surface area contributed by atoms with Crippen molar-refractivity contribution in [1.29, 1.82) is 0 Å². The fourth-order valence-electron chi connectivity index (χ4n) is 2.60. The molecule has 19 heavy (non-hydrogen) atoms. The lowest BCUT2D eigenvalue weighted by atomic mass is 10.0. The fourth-order valence-corrected chi connectivity index (χ4v) is 2.60. The molecule has 0 radical (unpaired) electrons. The fraction of sp³-hybridized carbons (Fsp3) is 0.533. The molecule has 1 aliphatic rings. The highest BCUT2D eigenvalue weighted by Crippen LogP contribution is 2.23. The lowest BCUT2D eigenvalue weighted by Crippen LogP contribution is -2.40. The standard InChI is InChI=1S/C15H21NO3/c1-2-19-14-8-4-3-7-12(14)11-13(15(17)18)16-9-5-6-10-16/h3-4,7-8,13H,2,5-6,9-11H2,1H3,(H,17,18)/t13-/m1/s1. The second kappa shape index (κ2) is 6.57. The summed E-state index contributed by atoms with van der Waals surface area (Å²) in [5.41, 5.74) is 0.976. The molecular formula is C15H21NO3. The molecular weight excluding hydrogens is 242 g/mol. The molecule has 0 amide bonds. The number of benzene rings is 1. The van der Waals surface area contributed by atoms with Crippen molar-refractivity contribution in [3.63, 3.8) is 0 Å². The van der Waals surface area contributed by atoms with Crippen LogP contribution in [0.1, 0.15) is 25.3 Å². The summed E-state index contributed by atoms with van der Waals surface area (Å²) in [6.45, 7) is 4.30. The molecule has 1 atom stereocenters. The van der Waals surface area contributed by atoms with E-state index < -0.39 is 12.0 Å². The lowest BCUT2D eigenvalue weighted by Gasteiger charge is -2.24. The van der Waals surface area contributed by atoms with Gasteiger partial charge in [0.25, 0.3) is 0 Å². The average Bonchev–Trinajstić information content (AvgIpc) is 2.91. The minimum atomic E-state index is -0.742. The van der Waals surface area contributed by atoms with Crippen LogP contribution in [0.5, 0.6) is 5.75 Å². The molecule has 0 saturated carbocycles. The molecule has 1 saturated heterocycles. The van der Waals surface area contributed by atoms with Crippen LogP contribution in [0.3, 0.4) is 0 Å². The summed E-state index contributed by atoms with van der Waals surface area (Å²) in [5, 5.41) is 9.43. The molecule has 0 aromatic heterocycles. The van der Waals surface area contributed by atoms with Gasteiger partial charge in [-0.25, -0.2) is 0 Å². The third kappa shape index (κ3) is 3.47. The number of likely N-dealkylation sites (tertiary alicyclic amines) is 1. The highest BCUT2D eigenvalue weighted by atomic mass is 16.5. The molecule has 104 valence electrons. The van der Waals surface area contributed by atoms with Gasteiger partial charge in [0, 0.05) is 6.42 Å². The van der Waals surface area contributed by atoms with Gasteiger partial charge in [0.2, 0.25) is 0 Å². The molecule has 0 bridgehead atoms. The number of rotatable bonds is 6. The number of aliphatic carboxylic acids is 1. The molecule has 0 aliphatic carbocycles. The van der Waals surface area contributed by atoms with E-state index in [4.69, 9.17) is 4.74 Å². The average molecular weight is 263 g/mol. The summed E-state index contributed by atoms with van der Waals surface area (Å²) in [6.07, 6.45) is 2.69. The van der Waals surface area contributed by atoms with E-state index in [0.29, 0.717) is 13.0 Å². The van der Waals surface area contributed by atoms with Gasteiger partial charge in [-0.1, -0.05) is 18.2 Å². The number of para-hydroxylation sites is 1. The molecule has 4 nitrogen and oxygen atoms in total. The smallest absolute Gasteiger partial charge is 0.321 e. The van der Waals surface area contributed by atoms with Crippen LogP contribution in [0.15, 0.2) is 24.3 Å². The second-order valence-corrected chi connectivity index (χ2v) is 4.84. The number of carboxylic acids is 1. The van der Waals surface area contributed by atoms with Gasteiger partial charge in [-0.15, -0.1) is 0 Å². The molecule has 2 rings (SSSR count). The first-order chi connectivity index (χ1) is 9.22. The van der Waals surface area contributed by atoms with Gasteiger partial charge in [-0.05, 0) is 44.5 Å². The number of carbonyl (C=O) groups is 1. The second-order valence-electron chi connectivity index (χ2n) is 4.84. The Hall–Kier alpha value is -1.55. The van der Waals surface area contributed by atoms with E-state index in [9.17, 15) is 9.90 Å². The maximum atomic E-state index is 11.5. The highest BCUT2D eigenvalue weighted by molar-refractivity contribution is 5.74. The number of nitrogens with zero attached hydrogens (tertiary/aromatic N) is 1. The van der Waals surface area contributed by atoms with E-state index in [1.807, 2.05) is 31.2 Å². The van der Waals surface area contributed by atoms with Crippen LogP contribution in [0.2, 0.25) is 0 Å². The number of ether oxygens (including phenoxy) is 1. The Morgan fingerprint density at radius 2 is 2.05 bits per heavy atom. The zero-order valence-corrected chi connectivity index (χ0v) is 11.3. The quantitative estimate of drug-likeness (QED) is 0.854. The van der Waals surface area contributed by atoms with Gasteiger partial charge in [0.15, 0.2) is 0 Å². The largest absolute Gasteiger partial charge is 0.494 e. The van der Waals surface area contributed by atoms with E-state index in [2.05, 4.69) is 4.90 Å². The highest BCUT2D eigenvalue weighted by Gasteiger charge is 2.28. The molecule has 1 heterocycles. The summed E-state index contributed by atoms with van der Waals surface area (Å²) >= 11 is 0. The first-order valence-corrected chi connectivity index (χ1v) is 6.90. The van der Waals surface area contributed by atoms with Crippen molar-refractivity contribution < 1.29 is 14.6 Å². The SMILES string of the molecule is CCOc1ccccc1C[C@H](C(=O)O)N1CCCC1. The van der Waals surface area contributed by atoms with E-state index in [0.717, 1.165) is 37.2 Å². The minimum Gasteiger partial charge on any atom is -0.494 e. The monoisotopic (exact) mass is 263 g/mol. The van der Waals surface area contributed by atoms with Crippen molar-refractivity contribution in [1.82, 2.24) is 4.90 Å². The van der Waals surface area contributed by atoms with Crippen LogP contribution < -0.4 is 4.74 Å². The molecule has 1 aliphatic heterocycles. The van der Waals surface area contributed by atoms with Crippen LogP contribution >= 0.6 is 0 Å². The number of carboxylic acid groups (broad SMARTS) is 1. The number of hydrogen-bond acceptors (Lipinski definition) is 3. The van der Waals surface area contributed by atoms with Gasteiger partial charge in [0.05, 0.1) is 6.61 Å². The maximum absolute atomic E-state index is 11.5. The Labute approximate surface area is 114 Å². The summed E-state index contributed by atoms with van der Waals surface area (Å²) in [7, 11) is 0. The summed E-state index contributed by atoms with van der Waals surface area (Å²) in [5.74, 6) is 0.0589. The van der Waals surface area contributed by atoms with Crippen LogP contribution in [-0.4, -0.2) is 41.7 Å². The van der Waals surface area contributed by atoms with Gasteiger partial charge in [-0.2, -0.15) is 0 Å². The van der Waals surface area contributed by atoms with E-state index in [1.54, 1.807) is 0 Å². The van der Waals surface area contributed by atoms with Crippen molar-refractivity contribution in [3.05, 3.63) is 29.8 Å². The van der Waals surface area contributed by atoms with Crippen molar-refractivity contribution in [2.75, 3.05) is 19.7 Å². The van der Waals surface area contributed by atoms with Gasteiger partial charge >= 0.3 is 5.97 Å². The topological polar surface area (TPSA) is 49.8 Å². The molecule has 1 N–H and O–H groups in total. The van der Waals surface area contributed by atoms with E-state index in [1.165, 1.54) is 0 Å². The molecule has 4 heteroatoms. The summed E-state index contributed by atoms with van der Waals surface area (Å²) in [4.78, 5) is 13.5. The molecule has 1 aromatic carbocycles. The zero-order valence-electron chi connectivity index (χ0n) is 11.3. The molecule has 1 fully saturated rings. The Kier molecular flexibility index (Phi) is 4.80. The van der Waals surface area contributed by atoms with Crippen molar-refractivity contribution in [3.8, 4) is 5.75 Å².